The molecule has 0 heterocycles. The lowest BCUT2D eigenvalue weighted by molar-refractivity contribution is 0.453. The molecular weight excluding hydrogens is 190 g/mol. The number of rotatable bonds is 2. The highest BCUT2D eigenvalue weighted by Crippen LogP contribution is 2.32. The molecule has 1 aliphatic rings. The van der Waals surface area contributed by atoms with E-state index in [0.29, 0.717) is 11.3 Å². The molecule has 0 aromatic heterocycles. The first kappa shape index (κ1) is 10.1. The Morgan fingerprint density at radius 2 is 1.79 bits per heavy atom. The zero-order valence-corrected chi connectivity index (χ0v) is 9.17. The molecule has 1 fully saturated rings. The molecule has 2 atom stereocenters. The van der Waals surface area contributed by atoms with Crippen LogP contribution in [-0.2, 0) is 0 Å². The van der Waals surface area contributed by atoms with Crippen LogP contribution in [0.1, 0.15) is 25.7 Å². The van der Waals surface area contributed by atoms with E-state index in [1.165, 1.54) is 30.6 Å². The molecule has 0 spiro atoms. The van der Waals surface area contributed by atoms with Crippen molar-refractivity contribution < 1.29 is 0 Å². The van der Waals surface area contributed by atoms with E-state index in [0.717, 1.165) is 0 Å². The third-order valence-corrected chi connectivity index (χ3v) is 4.22. The summed E-state index contributed by atoms with van der Waals surface area (Å²) in [7, 11) is 0. The summed E-state index contributed by atoms with van der Waals surface area (Å²) in [6.07, 6.45) is 5.14. The fourth-order valence-corrected chi connectivity index (χ4v) is 3.20. The Balaban J connectivity index is 1.96. The summed E-state index contributed by atoms with van der Waals surface area (Å²) in [6, 6.07) is 11.0. The SMILES string of the molecule is N[C@@H]1CCCC[C@H]1Sc1ccccc1. The Hall–Kier alpha value is -0.470. The molecule has 1 nitrogen and oxygen atoms in total. The Bertz CT molecular complexity index is 273. The Labute approximate surface area is 90.1 Å². The summed E-state index contributed by atoms with van der Waals surface area (Å²) in [5, 5.41) is 0.631. The topological polar surface area (TPSA) is 26.0 Å². The van der Waals surface area contributed by atoms with Crippen molar-refractivity contribution >= 4 is 11.8 Å². The Morgan fingerprint density at radius 3 is 2.50 bits per heavy atom. The average molecular weight is 207 g/mol. The highest BCUT2D eigenvalue weighted by molar-refractivity contribution is 8.00. The van der Waals surface area contributed by atoms with Crippen molar-refractivity contribution in [1.29, 1.82) is 0 Å². The first-order chi connectivity index (χ1) is 6.86. The van der Waals surface area contributed by atoms with E-state index in [-0.39, 0.29) is 0 Å². The van der Waals surface area contributed by atoms with Crippen LogP contribution in [0, 0.1) is 0 Å². The molecule has 0 bridgehead atoms. The van der Waals surface area contributed by atoms with Gasteiger partial charge in [0.15, 0.2) is 0 Å². The van der Waals surface area contributed by atoms with Crippen LogP contribution < -0.4 is 5.73 Å². The normalized spacial score (nSPS) is 27.5. The molecule has 2 heteroatoms. The lowest BCUT2D eigenvalue weighted by Crippen LogP contribution is -2.35. The van der Waals surface area contributed by atoms with Crippen LogP contribution in [0.3, 0.4) is 0 Å². The summed E-state index contributed by atoms with van der Waals surface area (Å²) < 4.78 is 0. The first-order valence-electron chi connectivity index (χ1n) is 5.33. The van der Waals surface area contributed by atoms with Gasteiger partial charge in [-0.3, -0.25) is 0 Å². The molecule has 0 unspecified atom stereocenters. The molecule has 14 heavy (non-hydrogen) atoms. The molecule has 2 rings (SSSR count). The number of hydrogen-bond acceptors (Lipinski definition) is 2. The summed E-state index contributed by atoms with van der Waals surface area (Å²) in [5.74, 6) is 0. The van der Waals surface area contributed by atoms with Crippen LogP contribution in [0.2, 0.25) is 0 Å². The van der Waals surface area contributed by atoms with Crippen molar-refractivity contribution in [2.24, 2.45) is 5.73 Å². The lowest BCUT2D eigenvalue weighted by atomic mass is 9.96. The predicted molar refractivity (Wildman–Crippen MR) is 62.5 cm³/mol. The minimum Gasteiger partial charge on any atom is -0.327 e. The summed E-state index contributed by atoms with van der Waals surface area (Å²) in [6.45, 7) is 0. The van der Waals surface area contributed by atoms with Crippen LogP contribution in [0.4, 0.5) is 0 Å². The van der Waals surface area contributed by atoms with Crippen molar-refractivity contribution in [2.45, 2.75) is 41.9 Å². The number of nitrogens with two attached hydrogens (primary N) is 1. The molecule has 0 radical (unpaired) electrons. The molecule has 1 aliphatic carbocycles. The van der Waals surface area contributed by atoms with E-state index in [9.17, 15) is 0 Å². The van der Waals surface area contributed by atoms with E-state index >= 15 is 0 Å². The molecular formula is C12H17NS. The van der Waals surface area contributed by atoms with Crippen molar-refractivity contribution in [1.82, 2.24) is 0 Å². The van der Waals surface area contributed by atoms with Crippen LogP contribution in [0.25, 0.3) is 0 Å². The zero-order valence-electron chi connectivity index (χ0n) is 8.36. The fraction of sp³-hybridized carbons (Fsp3) is 0.500. The molecule has 0 aliphatic heterocycles. The van der Waals surface area contributed by atoms with E-state index in [1.54, 1.807) is 0 Å². The van der Waals surface area contributed by atoms with E-state index in [2.05, 4.69) is 30.3 Å². The van der Waals surface area contributed by atoms with Crippen molar-refractivity contribution in [3.05, 3.63) is 30.3 Å². The Morgan fingerprint density at radius 1 is 1.07 bits per heavy atom. The van der Waals surface area contributed by atoms with E-state index in [1.807, 2.05) is 11.8 Å². The second-order valence-corrected chi connectivity index (χ2v) is 5.23. The van der Waals surface area contributed by atoms with Gasteiger partial charge >= 0.3 is 0 Å². The molecule has 1 aromatic rings. The molecule has 1 saturated carbocycles. The van der Waals surface area contributed by atoms with Crippen molar-refractivity contribution in [3.63, 3.8) is 0 Å². The second kappa shape index (κ2) is 4.85. The monoisotopic (exact) mass is 207 g/mol. The molecule has 2 N–H and O–H groups in total. The van der Waals surface area contributed by atoms with Crippen LogP contribution in [0.5, 0.6) is 0 Å². The van der Waals surface area contributed by atoms with Crippen LogP contribution >= 0.6 is 11.8 Å². The van der Waals surface area contributed by atoms with Gasteiger partial charge in [0.1, 0.15) is 0 Å². The van der Waals surface area contributed by atoms with Crippen molar-refractivity contribution in [2.75, 3.05) is 0 Å². The minimum atomic E-state index is 0.397. The van der Waals surface area contributed by atoms with Gasteiger partial charge in [-0.2, -0.15) is 0 Å². The van der Waals surface area contributed by atoms with E-state index < -0.39 is 0 Å². The lowest BCUT2D eigenvalue weighted by Gasteiger charge is -2.27. The third kappa shape index (κ3) is 2.52. The zero-order chi connectivity index (χ0) is 9.80. The van der Waals surface area contributed by atoms with Gasteiger partial charge in [-0.25, -0.2) is 0 Å². The van der Waals surface area contributed by atoms with E-state index in [4.69, 9.17) is 5.73 Å². The summed E-state index contributed by atoms with van der Waals surface area (Å²) >= 11 is 1.95. The van der Waals surface area contributed by atoms with Gasteiger partial charge in [-0.1, -0.05) is 31.0 Å². The maximum Gasteiger partial charge on any atom is 0.0246 e. The van der Waals surface area contributed by atoms with Gasteiger partial charge in [0.05, 0.1) is 0 Å². The molecule has 0 saturated heterocycles. The Kier molecular flexibility index (Phi) is 3.49. The maximum absolute atomic E-state index is 6.11. The van der Waals surface area contributed by atoms with Gasteiger partial charge in [0.2, 0.25) is 0 Å². The molecule has 0 amide bonds. The quantitative estimate of drug-likeness (QED) is 0.806. The van der Waals surface area contributed by atoms with Gasteiger partial charge in [0, 0.05) is 16.2 Å². The largest absolute Gasteiger partial charge is 0.327 e. The third-order valence-electron chi connectivity index (χ3n) is 2.78. The van der Waals surface area contributed by atoms with Crippen LogP contribution in [-0.4, -0.2) is 11.3 Å². The predicted octanol–water partition coefficient (Wildman–Crippen LogP) is 3.05. The highest BCUT2D eigenvalue weighted by atomic mass is 32.2. The second-order valence-electron chi connectivity index (χ2n) is 3.92. The maximum atomic E-state index is 6.11. The summed E-state index contributed by atoms with van der Waals surface area (Å²) in [4.78, 5) is 1.36. The summed E-state index contributed by atoms with van der Waals surface area (Å²) in [5.41, 5.74) is 6.11. The highest BCUT2D eigenvalue weighted by Gasteiger charge is 2.22. The van der Waals surface area contributed by atoms with Gasteiger partial charge in [-0.15, -0.1) is 11.8 Å². The number of thioether (sulfide) groups is 1. The van der Waals surface area contributed by atoms with Crippen LogP contribution in [0.15, 0.2) is 35.2 Å². The standard InChI is InChI=1S/C12H17NS/c13-11-8-4-5-9-12(11)14-10-6-2-1-3-7-10/h1-3,6-7,11-12H,4-5,8-9,13H2/t11-,12-/m1/s1. The van der Waals surface area contributed by atoms with Gasteiger partial charge in [0.25, 0.3) is 0 Å². The number of hydrogen-bond donors (Lipinski definition) is 1. The average Bonchev–Trinajstić information content (AvgIpc) is 2.23. The van der Waals surface area contributed by atoms with Gasteiger partial charge < -0.3 is 5.73 Å². The smallest absolute Gasteiger partial charge is 0.0246 e. The molecule has 1 aromatic carbocycles. The van der Waals surface area contributed by atoms with Crippen molar-refractivity contribution in [3.8, 4) is 0 Å². The molecule has 76 valence electrons. The number of benzene rings is 1. The van der Waals surface area contributed by atoms with Gasteiger partial charge in [-0.05, 0) is 25.0 Å². The minimum absolute atomic E-state index is 0.397. The fourth-order valence-electron chi connectivity index (χ4n) is 1.95. The first-order valence-corrected chi connectivity index (χ1v) is 6.21.